The highest BCUT2D eigenvalue weighted by molar-refractivity contribution is 5.94. The van der Waals surface area contributed by atoms with E-state index in [1.165, 1.54) is 5.56 Å². The molecule has 126 valence electrons. The van der Waals surface area contributed by atoms with E-state index in [1.54, 1.807) is 13.1 Å². The second-order valence-electron chi connectivity index (χ2n) is 6.71. The maximum atomic E-state index is 12.1. The van der Waals surface area contributed by atoms with Crippen LogP contribution in [0.4, 0.5) is 5.69 Å². The lowest BCUT2D eigenvalue weighted by Gasteiger charge is -2.19. The van der Waals surface area contributed by atoms with Crippen LogP contribution < -0.4 is 5.32 Å². The quantitative estimate of drug-likeness (QED) is 0.656. The standard InChI is InChI=1S/C20H24N2O2/c1-15(24-21-14-16-8-6-5-7-9-16)19(23)22-18-12-10-17(11-13-18)20(2,3)4/h5-15H,1-4H3,(H,22,23)/b21-14+. The van der Waals surface area contributed by atoms with E-state index in [1.807, 2.05) is 54.6 Å². The lowest BCUT2D eigenvalue weighted by molar-refractivity contribution is -0.126. The third kappa shape index (κ3) is 5.23. The molecule has 0 aliphatic carbocycles. The third-order valence-corrected chi connectivity index (χ3v) is 3.61. The van der Waals surface area contributed by atoms with Crippen molar-refractivity contribution in [1.29, 1.82) is 0 Å². The monoisotopic (exact) mass is 324 g/mol. The maximum Gasteiger partial charge on any atom is 0.267 e. The van der Waals surface area contributed by atoms with E-state index in [0.29, 0.717) is 0 Å². The molecule has 2 aromatic rings. The molecule has 1 amide bonds. The molecule has 4 nitrogen and oxygen atoms in total. The zero-order valence-corrected chi connectivity index (χ0v) is 14.6. The summed E-state index contributed by atoms with van der Waals surface area (Å²) in [7, 11) is 0. The van der Waals surface area contributed by atoms with Crippen molar-refractivity contribution in [2.75, 3.05) is 5.32 Å². The van der Waals surface area contributed by atoms with Crippen molar-refractivity contribution < 1.29 is 9.63 Å². The van der Waals surface area contributed by atoms with Gasteiger partial charge in [-0.25, -0.2) is 0 Å². The van der Waals surface area contributed by atoms with Crippen LogP contribution in [0.5, 0.6) is 0 Å². The van der Waals surface area contributed by atoms with Gasteiger partial charge in [0.05, 0.1) is 6.21 Å². The van der Waals surface area contributed by atoms with Crippen LogP contribution in [0, 0.1) is 0 Å². The first-order chi connectivity index (χ1) is 11.4. The van der Waals surface area contributed by atoms with Crippen LogP contribution in [0.2, 0.25) is 0 Å². The Balaban J connectivity index is 1.88. The van der Waals surface area contributed by atoms with E-state index in [9.17, 15) is 4.79 Å². The molecule has 1 atom stereocenters. The molecule has 1 N–H and O–H groups in total. The van der Waals surface area contributed by atoms with Crippen molar-refractivity contribution in [3.8, 4) is 0 Å². The number of rotatable bonds is 5. The fraction of sp³-hybridized carbons (Fsp3) is 0.300. The van der Waals surface area contributed by atoms with E-state index < -0.39 is 6.10 Å². The summed E-state index contributed by atoms with van der Waals surface area (Å²) in [6.45, 7) is 8.13. The van der Waals surface area contributed by atoms with Gasteiger partial charge in [0.1, 0.15) is 0 Å². The summed E-state index contributed by atoms with van der Waals surface area (Å²) in [6, 6.07) is 17.4. The molecule has 4 heteroatoms. The maximum absolute atomic E-state index is 12.1. The van der Waals surface area contributed by atoms with Crippen molar-refractivity contribution in [3.63, 3.8) is 0 Å². The Morgan fingerprint density at radius 2 is 1.71 bits per heavy atom. The van der Waals surface area contributed by atoms with Gasteiger partial charge in [0, 0.05) is 5.69 Å². The van der Waals surface area contributed by atoms with Crippen LogP contribution in [0.25, 0.3) is 0 Å². The van der Waals surface area contributed by atoms with Gasteiger partial charge >= 0.3 is 0 Å². The molecule has 0 aliphatic rings. The van der Waals surface area contributed by atoms with Gasteiger partial charge in [-0.2, -0.15) is 0 Å². The minimum absolute atomic E-state index is 0.0884. The normalized spacial score (nSPS) is 12.8. The summed E-state index contributed by atoms with van der Waals surface area (Å²) in [4.78, 5) is 17.3. The van der Waals surface area contributed by atoms with E-state index >= 15 is 0 Å². The molecule has 0 radical (unpaired) electrons. The fourth-order valence-electron chi connectivity index (χ4n) is 2.07. The number of carbonyl (C=O) groups is 1. The number of hydrogen-bond donors (Lipinski definition) is 1. The van der Waals surface area contributed by atoms with Crippen molar-refractivity contribution in [1.82, 2.24) is 0 Å². The first kappa shape index (κ1) is 17.7. The molecule has 0 fully saturated rings. The van der Waals surface area contributed by atoms with E-state index in [0.717, 1.165) is 11.3 Å². The Labute approximate surface area is 143 Å². The van der Waals surface area contributed by atoms with Gasteiger partial charge in [-0.3, -0.25) is 4.79 Å². The van der Waals surface area contributed by atoms with E-state index in [-0.39, 0.29) is 11.3 Å². The van der Waals surface area contributed by atoms with Crippen LogP contribution in [-0.4, -0.2) is 18.2 Å². The number of oxime groups is 1. The summed E-state index contributed by atoms with van der Waals surface area (Å²) < 4.78 is 0. The highest BCUT2D eigenvalue weighted by Gasteiger charge is 2.16. The highest BCUT2D eigenvalue weighted by atomic mass is 16.6. The number of nitrogens with one attached hydrogen (secondary N) is 1. The molecule has 1 unspecified atom stereocenters. The van der Waals surface area contributed by atoms with Gasteiger partial charge < -0.3 is 10.2 Å². The predicted octanol–water partition coefficient (Wildman–Crippen LogP) is 4.36. The fourth-order valence-corrected chi connectivity index (χ4v) is 2.07. The Kier molecular flexibility index (Phi) is 5.74. The Hall–Kier alpha value is -2.62. The molecule has 0 aliphatic heterocycles. The van der Waals surface area contributed by atoms with Gasteiger partial charge in [-0.15, -0.1) is 0 Å². The van der Waals surface area contributed by atoms with Gasteiger partial charge in [0.25, 0.3) is 5.91 Å². The lowest BCUT2D eigenvalue weighted by atomic mass is 9.87. The summed E-state index contributed by atoms with van der Waals surface area (Å²) in [5.41, 5.74) is 2.97. The number of carbonyl (C=O) groups excluding carboxylic acids is 1. The molecule has 0 aromatic heterocycles. The highest BCUT2D eigenvalue weighted by Crippen LogP contribution is 2.23. The molecule has 2 rings (SSSR count). The molecule has 0 saturated carbocycles. The Morgan fingerprint density at radius 3 is 2.29 bits per heavy atom. The van der Waals surface area contributed by atoms with E-state index in [2.05, 4.69) is 31.2 Å². The molecule has 0 bridgehead atoms. The minimum atomic E-state index is -0.674. The van der Waals surface area contributed by atoms with Crippen LogP contribution in [-0.2, 0) is 15.0 Å². The van der Waals surface area contributed by atoms with E-state index in [4.69, 9.17) is 4.84 Å². The number of amides is 1. The van der Waals surface area contributed by atoms with Gasteiger partial charge in [-0.1, -0.05) is 68.4 Å². The van der Waals surface area contributed by atoms with Gasteiger partial charge in [0.2, 0.25) is 6.10 Å². The molecular formula is C20H24N2O2. The smallest absolute Gasteiger partial charge is 0.267 e. The molecule has 24 heavy (non-hydrogen) atoms. The van der Waals surface area contributed by atoms with Crippen molar-refractivity contribution >= 4 is 17.8 Å². The number of anilines is 1. The number of benzene rings is 2. The summed E-state index contributed by atoms with van der Waals surface area (Å²) in [6.07, 6.45) is 0.911. The lowest BCUT2D eigenvalue weighted by Crippen LogP contribution is -2.26. The Bertz CT molecular complexity index is 686. The number of hydrogen-bond acceptors (Lipinski definition) is 3. The minimum Gasteiger partial charge on any atom is -0.383 e. The van der Waals surface area contributed by atoms with Crippen LogP contribution in [0.1, 0.15) is 38.8 Å². The third-order valence-electron chi connectivity index (χ3n) is 3.61. The topological polar surface area (TPSA) is 50.7 Å². The second kappa shape index (κ2) is 7.77. The van der Waals surface area contributed by atoms with Crippen LogP contribution in [0.3, 0.4) is 0 Å². The first-order valence-corrected chi connectivity index (χ1v) is 8.02. The second-order valence-corrected chi connectivity index (χ2v) is 6.71. The van der Waals surface area contributed by atoms with Gasteiger partial charge in [-0.05, 0) is 35.6 Å². The van der Waals surface area contributed by atoms with Crippen molar-refractivity contribution in [2.45, 2.75) is 39.2 Å². The molecule has 0 saturated heterocycles. The SMILES string of the molecule is CC(O/N=C/c1ccccc1)C(=O)Nc1ccc(C(C)(C)C)cc1. The average Bonchev–Trinajstić information content (AvgIpc) is 2.55. The first-order valence-electron chi connectivity index (χ1n) is 8.02. The molecule has 0 heterocycles. The summed E-state index contributed by atoms with van der Waals surface area (Å²) in [5.74, 6) is -0.233. The summed E-state index contributed by atoms with van der Waals surface area (Å²) >= 11 is 0. The molecule has 0 spiro atoms. The Morgan fingerprint density at radius 1 is 1.08 bits per heavy atom. The van der Waals surface area contributed by atoms with Gasteiger partial charge in [0.15, 0.2) is 0 Å². The number of nitrogens with zero attached hydrogens (tertiary/aromatic N) is 1. The molecule has 2 aromatic carbocycles. The zero-order chi connectivity index (χ0) is 17.6. The predicted molar refractivity (Wildman–Crippen MR) is 98.4 cm³/mol. The van der Waals surface area contributed by atoms with Crippen LogP contribution >= 0.6 is 0 Å². The zero-order valence-electron chi connectivity index (χ0n) is 14.6. The summed E-state index contributed by atoms with van der Waals surface area (Å²) in [5, 5.41) is 6.70. The van der Waals surface area contributed by atoms with Crippen molar-refractivity contribution in [2.24, 2.45) is 5.16 Å². The van der Waals surface area contributed by atoms with Crippen LogP contribution in [0.15, 0.2) is 59.8 Å². The largest absolute Gasteiger partial charge is 0.383 e. The van der Waals surface area contributed by atoms with Crippen molar-refractivity contribution in [3.05, 3.63) is 65.7 Å². The average molecular weight is 324 g/mol. The molecular weight excluding hydrogens is 300 g/mol.